The van der Waals surface area contributed by atoms with Crippen molar-refractivity contribution < 1.29 is 9.90 Å². The van der Waals surface area contributed by atoms with Crippen molar-refractivity contribution in [2.45, 2.75) is 47.5 Å². The van der Waals surface area contributed by atoms with Crippen LogP contribution in [0.4, 0.5) is 0 Å². The average molecular weight is 215 g/mol. The Kier molecular flexibility index (Phi) is 4.78. The van der Waals surface area contributed by atoms with E-state index in [0.29, 0.717) is 6.42 Å². The molecular formula is C12H25NO2. The minimum atomic E-state index is -0.778. The first-order chi connectivity index (χ1) is 6.72. The van der Waals surface area contributed by atoms with Crippen molar-refractivity contribution in [2.75, 3.05) is 6.61 Å². The molecule has 0 spiro atoms. The number of amides is 1. The van der Waals surface area contributed by atoms with Gasteiger partial charge in [0.1, 0.15) is 0 Å². The molecule has 0 saturated heterocycles. The summed E-state index contributed by atoms with van der Waals surface area (Å²) in [6.45, 7) is 10.00. The normalized spacial score (nSPS) is 16.5. The van der Waals surface area contributed by atoms with E-state index in [1.165, 1.54) is 0 Å². The largest absolute Gasteiger partial charge is 0.395 e. The Hall–Kier alpha value is -0.570. The summed E-state index contributed by atoms with van der Waals surface area (Å²) < 4.78 is 0. The number of carbonyl (C=O) groups excluding carboxylic acids is 1. The molecule has 0 fully saturated rings. The molecule has 0 aromatic rings. The van der Waals surface area contributed by atoms with Crippen molar-refractivity contribution in [3.8, 4) is 0 Å². The molecule has 0 radical (unpaired) electrons. The first-order valence-corrected chi connectivity index (χ1v) is 5.62. The van der Waals surface area contributed by atoms with Gasteiger partial charge in [-0.1, -0.05) is 41.0 Å². The third-order valence-electron chi connectivity index (χ3n) is 3.63. The molecule has 0 aromatic heterocycles. The van der Waals surface area contributed by atoms with Crippen molar-refractivity contribution in [1.29, 1.82) is 0 Å². The Bertz CT molecular complexity index is 224. The topological polar surface area (TPSA) is 63.3 Å². The summed E-state index contributed by atoms with van der Waals surface area (Å²) in [5, 5.41) is 9.48. The van der Waals surface area contributed by atoms with Crippen molar-refractivity contribution in [3.05, 3.63) is 0 Å². The lowest BCUT2D eigenvalue weighted by molar-refractivity contribution is -0.136. The highest BCUT2D eigenvalue weighted by molar-refractivity contribution is 5.81. The van der Waals surface area contributed by atoms with Gasteiger partial charge in [-0.15, -0.1) is 0 Å². The monoisotopic (exact) mass is 215 g/mol. The van der Waals surface area contributed by atoms with Crippen LogP contribution in [0, 0.1) is 16.7 Å². The highest BCUT2D eigenvalue weighted by Gasteiger charge is 2.43. The standard InChI is InChI=1S/C12H25NO2/c1-6-11(4,5)7-12(8-14,9(2)3)10(13)15/h9,14H,6-8H2,1-5H3,(H2,13,15). The van der Waals surface area contributed by atoms with Crippen molar-refractivity contribution in [3.63, 3.8) is 0 Å². The summed E-state index contributed by atoms with van der Waals surface area (Å²) in [7, 11) is 0. The highest BCUT2D eigenvalue weighted by atomic mass is 16.3. The molecule has 0 aliphatic heterocycles. The molecule has 3 nitrogen and oxygen atoms in total. The van der Waals surface area contributed by atoms with Gasteiger partial charge < -0.3 is 10.8 Å². The van der Waals surface area contributed by atoms with Crippen LogP contribution in [0.2, 0.25) is 0 Å². The predicted molar refractivity (Wildman–Crippen MR) is 62.2 cm³/mol. The molecule has 90 valence electrons. The van der Waals surface area contributed by atoms with Gasteiger partial charge in [-0.3, -0.25) is 4.79 Å². The van der Waals surface area contributed by atoms with Gasteiger partial charge in [0.15, 0.2) is 0 Å². The fourth-order valence-electron chi connectivity index (χ4n) is 1.87. The van der Waals surface area contributed by atoms with Gasteiger partial charge in [0, 0.05) is 0 Å². The van der Waals surface area contributed by atoms with Crippen LogP contribution in [-0.2, 0) is 4.79 Å². The van der Waals surface area contributed by atoms with Crippen LogP contribution in [0.15, 0.2) is 0 Å². The molecule has 0 heterocycles. The van der Waals surface area contributed by atoms with E-state index in [9.17, 15) is 9.90 Å². The lowest BCUT2D eigenvalue weighted by Gasteiger charge is -2.39. The number of aliphatic hydroxyl groups excluding tert-OH is 1. The van der Waals surface area contributed by atoms with E-state index in [1.807, 2.05) is 13.8 Å². The van der Waals surface area contributed by atoms with Crippen LogP contribution in [0.1, 0.15) is 47.5 Å². The third-order valence-corrected chi connectivity index (χ3v) is 3.63. The van der Waals surface area contributed by atoms with Crippen LogP contribution >= 0.6 is 0 Å². The Balaban J connectivity index is 5.03. The van der Waals surface area contributed by atoms with Gasteiger partial charge >= 0.3 is 0 Å². The molecule has 0 bridgehead atoms. The molecule has 0 saturated carbocycles. The van der Waals surface area contributed by atoms with Crippen molar-refractivity contribution in [2.24, 2.45) is 22.5 Å². The molecule has 15 heavy (non-hydrogen) atoms. The summed E-state index contributed by atoms with van der Waals surface area (Å²) in [6, 6.07) is 0. The second-order valence-electron chi connectivity index (χ2n) is 5.53. The predicted octanol–water partition coefficient (Wildman–Crippen LogP) is 1.93. The highest BCUT2D eigenvalue weighted by Crippen LogP contribution is 2.40. The van der Waals surface area contributed by atoms with Gasteiger partial charge in [-0.05, 0) is 17.8 Å². The van der Waals surface area contributed by atoms with E-state index in [2.05, 4.69) is 20.8 Å². The number of hydrogen-bond donors (Lipinski definition) is 2. The Morgan fingerprint density at radius 2 is 1.87 bits per heavy atom. The van der Waals surface area contributed by atoms with Crippen LogP contribution in [0.3, 0.4) is 0 Å². The molecular weight excluding hydrogens is 190 g/mol. The fraction of sp³-hybridized carbons (Fsp3) is 0.917. The van der Waals surface area contributed by atoms with Gasteiger partial charge in [0.2, 0.25) is 5.91 Å². The Morgan fingerprint density at radius 1 is 1.40 bits per heavy atom. The molecule has 3 N–H and O–H groups in total. The van der Waals surface area contributed by atoms with Crippen LogP contribution in [0.5, 0.6) is 0 Å². The number of aliphatic hydroxyl groups is 1. The molecule has 1 amide bonds. The second-order valence-corrected chi connectivity index (χ2v) is 5.53. The second kappa shape index (κ2) is 4.97. The minimum absolute atomic E-state index is 0.0298. The van der Waals surface area contributed by atoms with E-state index >= 15 is 0 Å². The van der Waals surface area contributed by atoms with Crippen molar-refractivity contribution >= 4 is 5.91 Å². The van der Waals surface area contributed by atoms with Crippen molar-refractivity contribution in [1.82, 2.24) is 0 Å². The first-order valence-electron chi connectivity index (χ1n) is 5.62. The van der Waals surface area contributed by atoms with Gasteiger partial charge in [0.25, 0.3) is 0 Å². The first kappa shape index (κ1) is 14.4. The van der Waals surface area contributed by atoms with Gasteiger partial charge in [-0.25, -0.2) is 0 Å². The maximum Gasteiger partial charge on any atom is 0.226 e. The maximum absolute atomic E-state index is 11.5. The Labute approximate surface area is 93.0 Å². The number of primary amides is 1. The quantitative estimate of drug-likeness (QED) is 0.711. The van der Waals surface area contributed by atoms with Gasteiger partial charge in [0.05, 0.1) is 12.0 Å². The Morgan fingerprint density at radius 3 is 2.07 bits per heavy atom. The SMILES string of the molecule is CCC(C)(C)CC(CO)(C(N)=O)C(C)C. The molecule has 0 aromatic carbocycles. The average Bonchev–Trinajstić information content (AvgIpc) is 2.13. The third kappa shape index (κ3) is 3.20. The summed E-state index contributed by atoms with van der Waals surface area (Å²) in [6.07, 6.45) is 1.61. The molecule has 3 heteroatoms. The molecule has 1 unspecified atom stereocenters. The van der Waals surface area contributed by atoms with E-state index in [4.69, 9.17) is 5.73 Å². The van der Waals surface area contributed by atoms with Crippen LogP contribution < -0.4 is 5.73 Å². The molecule has 0 aliphatic rings. The summed E-state index contributed by atoms with van der Waals surface area (Å²) in [4.78, 5) is 11.5. The smallest absolute Gasteiger partial charge is 0.226 e. The number of nitrogens with two attached hydrogens (primary N) is 1. The maximum atomic E-state index is 11.5. The zero-order valence-corrected chi connectivity index (χ0v) is 10.6. The van der Waals surface area contributed by atoms with E-state index in [-0.39, 0.29) is 23.8 Å². The zero-order valence-electron chi connectivity index (χ0n) is 10.6. The minimum Gasteiger partial charge on any atom is -0.395 e. The lowest BCUT2D eigenvalue weighted by Crippen LogP contribution is -2.47. The van der Waals surface area contributed by atoms with Gasteiger partial charge in [-0.2, -0.15) is 0 Å². The molecule has 0 aliphatic carbocycles. The molecule has 0 rings (SSSR count). The van der Waals surface area contributed by atoms with E-state index in [0.717, 1.165) is 6.42 Å². The van der Waals surface area contributed by atoms with E-state index < -0.39 is 5.41 Å². The fourth-order valence-corrected chi connectivity index (χ4v) is 1.87. The molecule has 1 atom stereocenters. The number of carbonyl (C=O) groups is 1. The zero-order chi connectivity index (χ0) is 12.3. The lowest BCUT2D eigenvalue weighted by atomic mass is 9.66. The summed E-state index contributed by atoms with van der Waals surface area (Å²) >= 11 is 0. The van der Waals surface area contributed by atoms with Crippen LogP contribution in [0.25, 0.3) is 0 Å². The summed E-state index contributed by atoms with van der Waals surface area (Å²) in [5.41, 5.74) is 4.70. The van der Waals surface area contributed by atoms with E-state index in [1.54, 1.807) is 0 Å². The summed E-state index contributed by atoms with van der Waals surface area (Å²) in [5.74, 6) is -0.327. The van der Waals surface area contributed by atoms with Crippen LogP contribution in [-0.4, -0.2) is 17.6 Å². The number of hydrogen-bond acceptors (Lipinski definition) is 2. The number of rotatable bonds is 6.